The predicted octanol–water partition coefficient (Wildman–Crippen LogP) is 1.65. The Hall–Kier alpha value is -1.36. The smallest absolute Gasteiger partial charge is 0.328 e. The van der Waals surface area contributed by atoms with Crippen LogP contribution in [0.3, 0.4) is 0 Å². The molecule has 0 atom stereocenters. The number of thiophene rings is 1. The number of carbonyl (C=O) groups is 2. The van der Waals surface area contributed by atoms with Gasteiger partial charge in [-0.1, -0.05) is 0 Å². The zero-order valence-corrected chi connectivity index (χ0v) is 9.64. The summed E-state index contributed by atoms with van der Waals surface area (Å²) in [7, 11) is 0. The van der Waals surface area contributed by atoms with E-state index in [1.165, 1.54) is 25.2 Å². The average Bonchev–Trinajstić information content (AvgIpc) is 2.50. The molecule has 15 heavy (non-hydrogen) atoms. The van der Waals surface area contributed by atoms with Crippen LogP contribution in [0.1, 0.15) is 29.1 Å². The number of amides is 1. The largest absolute Gasteiger partial charge is 0.480 e. The van der Waals surface area contributed by atoms with E-state index >= 15 is 0 Å². The van der Waals surface area contributed by atoms with Gasteiger partial charge >= 0.3 is 5.97 Å². The van der Waals surface area contributed by atoms with Gasteiger partial charge in [0.2, 0.25) is 0 Å². The zero-order valence-electron chi connectivity index (χ0n) is 8.83. The summed E-state index contributed by atoms with van der Waals surface area (Å²) in [5.74, 6) is -1.39. The van der Waals surface area contributed by atoms with Crippen molar-refractivity contribution in [2.24, 2.45) is 0 Å². The van der Waals surface area contributed by atoms with Gasteiger partial charge in [-0.2, -0.15) is 0 Å². The lowest BCUT2D eigenvalue weighted by atomic mass is 10.1. The summed E-state index contributed by atoms with van der Waals surface area (Å²) in [6.07, 6.45) is 0. The Morgan fingerprint density at radius 1 is 1.47 bits per heavy atom. The summed E-state index contributed by atoms with van der Waals surface area (Å²) in [4.78, 5) is 23.0. The Kier molecular flexibility index (Phi) is 3.14. The molecular formula is C10H13NO3S. The Labute approximate surface area is 91.9 Å². The highest BCUT2D eigenvalue weighted by molar-refractivity contribution is 7.12. The third kappa shape index (κ3) is 2.56. The number of hydrogen-bond acceptors (Lipinski definition) is 3. The number of aryl methyl sites for hydroxylation is 1. The summed E-state index contributed by atoms with van der Waals surface area (Å²) in [6, 6.07) is 1.83. The van der Waals surface area contributed by atoms with Gasteiger partial charge < -0.3 is 10.4 Å². The van der Waals surface area contributed by atoms with Gasteiger partial charge in [0.15, 0.2) is 0 Å². The van der Waals surface area contributed by atoms with Crippen molar-refractivity contribution < 1.29 is 14.7 Å². The molecule has 0 bridgehead atoms. The van der Waals surface area contributed by atoms with Crippen molar-refractivity contribution in [3.05, 3.63) is 21.9 Å². The maximum atomic E-state index is 11.7. The van der Waals surface area contributed by atoms with Crippen molar-refractivity contribution in [2.45, 2.75) is 26.3 Å². The molecule has 0 fully saturated rings. The predicted molar refractivity (Wildman–Crippen MR) is 58.2 cm³/mol. The highest BCUT2D eigenvalue weighted by atomic mass is 32.1. The molecule has 0 aliphatic heterocycles. The van der Waals surface area contributed by atoms with Crippen LogP contribution in [-0.2, 0) is 4.79 Å². The average molecular weight is 227 g/mol. The number of aliphatic carboxylic acids is 1. The van der Waals surface area contributed by atoms with Crippen LogP contribution in [0.5, 0.6) is 0 Å². The van der Waals surface area contributed by atoms with Gasteiger partial charge in [0.1, 0.15) is 5.54 Å². The molecule has 1 heterocycles. The van der Waals surface area contributed by atoms with Crippen molar-refractivity contribution in [1.82, 2.24) is 5.32 Å². The van der Waals surface area contributed by atoms with Crippen LogP contribution in [-0.4, -0.2) is 22.5 Å². The topological polar surface area (TPSA) is 66.4 Å². The number of carboxylic acids is 1. The molecule has 0 spiro atoms. The van der Waals surface area contributed by atoms with E-state index in [1.54, 1.807) is 5.38 Å². The molecule has 5 heteroatoms. The molecular weight excluding hydrogens is 214 g/mol. The summed E-state index contributed by atoms with van der Waals surface area (Å²) in [5.41, 5.74) is -0.383. The van der Waals surface area contributed by atoms with Crippen LogP contribution < -0.4 is 5.32 Å². The molecule has 1 aromatic rings. The zero-order chi connectivity index (χ0) is 11.6. The van der Waals surface area contributed by atoms with Crippen LogP contribution in [0.2, 0.25) is 0 Å². The number of rotatable bonds is 3. The van der Waals surface area contributed by atoms with Crippen molar-refractivity contribution in [3.63, 3.8) is 0 Å². The first kappa shape index (κ1) is 11.7. The highest BCUT2D eigenvalue weighted by Crippen LogP contribution is 2.16. The first-order valence-electron chi connectivity index (χ1n) is 4.44. The molecule has 1 amide bonds. The maximum Gasteiger partial charge on any atom is 0.328 e. The van der Waals surface area contributed by atoms with Gasteiger partial charge in [0, 0.05) is 0 Å². The van der Waals surface area contributed by atoms with Crippen LogP contribution >= 0.6 is 11.3 Å². The van der Waals surface area contributed by atoms with Crippen molar-refractivity contribution >= 4 is 23.2 Å². The summed E-state index contributed by atoms with van der Waals surface area (Å²) >= 11 is 1.31. The molecule has 0 aliphatic carbocycles. The van der Waals surface area contributed by atoms with Crippen LogP contribution in [0.15, 0.2) is 11.4 Å². The molecule has 1 aromatic heterocycles. The van der Waals surface area contributed by atoms with Crippen molar-refractivity contribution in [1.29, 1.82) is 0 Å². The molecule has 0 aliphatic rings. The lowest BCUT2D eigenvalue weighted by molar-refractivity contribution is -0.143. The monoisotopic (exact) mass is 227 g/mol. The van der Waals surface area contributed by atoms with E-state index in [0.29, 0.717) is 4.88 Å². The maximum absolute atomic E-state index is 11.7. The van der Waals surface area contributed by atoms with E-state index in [-0.39, 0.29) is 5.91 Å². The van der Waals surface area contributed by atoms with E-state index in [1.807, 2.05) is 13.0 Å². The van der Waals surface area contributed by atoms with Crippen molar-refractivity contribution in [3.8, 4) is 0 Å². The number of hydrogen-bond donors (Lipinski definition) is 2. The highest BCUT2D eigenvalue weighted by Gasteiger charge is 2.29. The number of nitrogens with one attached hydrogen (secondary N) is 1. The van der Waals surface area contributed by atoms with E-state index in [9.17, 15) is 9.59 Å². The van der Waals surface area contributed by atoms with E-state index in [4.69, 9.17) is 5.11 Å². The molecule has 4 nitrogen and oxygen atoms in total. The summed E-state index contributed by atoms with van der Waals surface area (Å²) in [5, 5.41) is 13.1. The third-order valence-corrected chi connectivity index (χ3v) is 3.04. The molecule has 1 rings (SSSR count). The van der Waals surface area contributed by atoms with Gasteiger partial charge in [0.25, 0.3) is 5.91 Å². The second-order valence-electron chi connectivity index (χ2n) is 3.82. The fraction of sp³-hybridized carbons (Fsp3) is 0.400. The SMILES string of the molecule is Cc1ccsc1C(=O)NC(C)(C)C(=O)O. The van der Waals surface area contributed by atoms with Crippen molar-refractivity contribution in [2.75, 3.05) is 0 Å². The quantitative estimate of drug-likeness (QED) is 0.825. The van der Waals surface area contributed by atoms with Crippen LogP contribution in [0.4, 0.5) is 0 Å². The fourth-order valence-electron chi connectivity index (χ4n) is 0.999. The molecule has 0 saturated heterocycles. The lowest BCUT2D eigenvalue weighted by Crippen LogP contribution is -2.49. The van der Waals surface area contributed by atoms with Gasteiger partial charge in [0.05, 0.1) is 4.88 Å². The Bertz CT molecular complexity index is 395. The van der Waals surface area contributed by atoms with E-state index in [0.717, 1.165) is 5.56 Å². The van der Waals surface area contributed by atoms with Gasteiger partial charge in [-0.3, -0.25) is 4.79 Å². The number of carbonyl (C=O) groups excluding carboxylic acids is 1. The summed E-state index contributed by atoms with van der Waals surface area (Å²) < 4.78 is 0. The minimum atomic E-state index is -1.24. The van der Waals surface area contributed by atoms with Gasteiger partial charge in [-0.15, -0.1) is 11.3 Å². The fourth-order valence-corrected chi connectivity index (χ4v) is 1.82. The van der Waals surface area contributed by atoms with Crippen LogP contribution in [0.25, 0.3) is 0 Å². The molecule has 2 N–H and O–H groups in total. The Balaban J connectivity index is 2.81. The third-order valence-electron chi connectivity index (χ3n) is 2.03. The second kappa shape index (κ2) is 4.02. The lowest BCUT2D eigenvalue weighted by Gasteiger charge is -2.20. The first-order chi connectivity index (χ1) is 6.84. The number of carboxylic acid groups (broad SMARTS) is 1. The Morgan fingerprint density at radius 2 is 2.07 bits per heavy atom. The first-order valence-corrected chi connectivity index (χ1v) is 5.32. The van der Waals surface area contributed by atoms with Gasteiger partial charge in [-0.05, 0) is 37.8 Å². The van der Waals surface area contributed by atoms with Gasteiger partial charge in [-0.25, -0.2) is 4.79 Å². The standard InChI is InChI=1S/C10H13NO3S/c1-6-4-5-15-7(6)8(12)11-10(2,3)9(13)14/h4-5H,1-3H3,(H,11,12)(H,13,14). The second-order valence-corrected chi connectivity index (χ2v) is 4.73. The molecule has 0 aromatic carbocycles. The minimum absolute atomic E-state index is 0.338. The van der Waals surface area contributed by atoms with Crippen LogP contribution in [0, 0.1) is 6.92 Å². The molecule has 0 saturated carbocycles. The molecule has 0 unspecified atom stereocenters. The van der Waals surface area contributed by atoms with E-state index < -0.39 is 11.5 Å². The molecule has 82 valence electrons. The Morgan fingerprint density at radius 3 is 2.47 bits per heavy atom. The molecule has 0 radical (unpaired) electrons. The minimum Gasteiger partial charge on any atom is -0.480 e. The normalized spacial score (nSPS) is 11.1. The summed E-state index contributed by atoms with van der Waals surface area (Å²) in [6.45, 7) is 4.73. The van der Waals surface area contributed by atoms with E-state index in [2.05, 4.69) is 5.32 Å².